The molecule has 1 radical (unpaired) electrons. The Balaban J connectivity index is 0.000000188. The van der Waals surface area contributed by atoms with Gasteiger partial charge >= 0.3 is 0 Å². The van der Waals surface area contributed by atoms with Gasteiger partial charge in [-0.1, -0.05) is 47.3 Å². The fourth-order valence-electron chi connectivity index (χ4n) is 8.22. The normalized spacial score (nSPS) is 23.8. The summed E-state index contributed by atoms with van der Waals surface area (Å²) in [7, 11) is 0. The van der Waals surface area contributed by atoms with Crippen molar-refractivity contribution in [3.8, 4) is 22.5 Å². The first-order chi connectivity index (χ1) is 20.3. The Morgan fingerprint density at radius 3 is 2.17 bits per heavy atom. The van der Waals surface area contributed by atoms with Crippen molar-refractivity contribution in [2.24, 2.45) is 23.7 Å². The van der Waals surface area contributed by atoms with Crippen molar-refractivity contribution in [3.63, 3.8) is 0 Å². The molecular formula is C38H32IrN2O-2. The molecule has 3 heterocycles. The number of furan rings is 1. The van der Waals surface area contributed by atoms with Gasteiger partial charge in [-0.3, -0.25) is 0 Å². The van der Waals surface area contributed by atoms with Crippen LogP contribution in [0.3, 0.4) is 0 Å². The fourth-order valence-corrected chi connectivity index (χ4v) is 8.22. The Bertz CT molecular complexity index is 1750. The van der Waals surface area contributed by atoms with E-state index in [9.17, 15) is 0 Å². The van der Waals surface area contributed by atoms with Crippen LogP contribution in [0.15, 0.2) is 108 Å². The average molecular weight is 725 g/mol. The summed E-state index contributed by atoms with van der Waals surface area (Å²) in [6.07, 6.45) is 11.1. The van der Waals surface area contributed by atoms with E-state index in [-0.39, 0.29) is 20.1 Å². The van der Waals surface area contributed by atoms with E-state index in [0.29, 0.717) is 0 Å². The topological polar surface area (TPSA) is 38.9 Å². The van der Waals surface area contributed by atoms with Gasteiger partial charge < -0.3 is 14.4 Å². The third kappa shape index (κ3) is 5.01. The third-order valence-electron chi connectivity index (χ3n) is 9.64. The van der Waals surface area contributed by atoms with Crippen molar-refractivity contribution in [1.29, 1.82) is 0 Å². The van der Waals surface area contributed by atoms with Gasteiger partial charge in [-0.05, 0) is 96.8 Å². The van der Waals surface area contributed by atoms with E-state index in [1.54, 1.807) is 6.20 Å². The van der Waals surface area contributed by atoms with Crippen molar-refractivity contribution in [2.75, 3.05) is 0 Å². The van der Waals surface area contributed by atoms with Gasteiger partial charge in [0.2, 0.25) is 0 Å². The number of fused-ring (bicyclic) bond motifs is 3. The van der Waals surface area contributed by atoms with Crippen molar-refractivity contribution in [2.45, 2.75) is 38.0 Å². The molecule has 0 aliphatic heterocycles. The number of para-hydroxylation sites is 1. The van der Waals surface area contributed by atoms with Gasteiger partial charge in [0.25, 0.3) is 0 Å². The molecule has 4 bridgehead atoms. The van der Waals surface area contributed by atoms with Crippen LogP contribution in [0.4, 0.5) is 0 Å². The van der Waals surface area contributed by atoms with Crippen LogP contribution in [-0.4, -0.2) is 9.97 Å². The molecule has 3 nitrogen and oxygen atoms in total. The van der Waals surface area contributed by atoms with Gasteiger partial charge in [-0.2, -0.15) is 0 Å². The van der Waals surface area contributed by atoms with E-state index in [2.05, 4.69) is 47.4 Å². The SMILES string of the molecule is [Ir].[c-]1ccc2c(oc3ccccc32)c1-c1cc(C2C3CC4CC(C3)CC2C4)ccn1.[c-]1ccccc1-c1ccccn1. The zero-order valence-corrected chi connectivity index (χ0v) is 25.8. The molecule has 0 atom stereocenters. The molecule has 42 heavy (non-hydrogen) atoms. The fraction of sp³-hybridized carbons (Fsp3) is 0.263. The molecule has 6 aromatic rings. The smallest absolute Gasteiger partial charge is 0.120 e. The van der Waals surface area contributed by atoms with Gasteiger partial charge in [-0.25, -0.2) is 0 Å². The Morgan fingerprint density at radius 1 is 0.643 bits per heavy atom. The van der Waals surface area contributed by atoms with E-state index in [0.717, 1.165) is 74.0 Å². The Kier molecular flexibility index (Phi) is 7.52. The van der Waals surface area contributed by atoms with Crippen LogP contribution < -0.4 is 0 Å². The summed E-state index contributed by atoms with van der Waals surface area (Å²) in [6, 6.07) is 37.2. The van der Waals surface area contributed by atoms with Crippen LogP contribution in [0.2, 0.25) is 0 Å². The molecule has 0 spiro atoms. The number of nitrogens with zero attached hydrogens (tertiary/aromatic N) is 2. The van der Waals surface area contributed by atoms with Gasteiger partial charge in [0, 0.05) is 37.9 Å². The standard InChI is InChI=1S/C27H24NO.C11H8N.Ir/c1-2-7-25-21(4-1)22-5-3-6-23(27(22)29-25)24-15-18(8-9-28-24)26-19-11-16-10-17(13-19)14-20(26)12-16;1-2-6-10(7-3-1)11-8-4-5-9-12-11;/h1-5,7-9,15-17,19-20,26H,10-14H2;1-6,8-9H;/q2*-1;. The summed E-state index contributed by atoms with van der Waals surface area (Å²) in [5.41, 5.74) is 7.33. The summed E-state index contributed by atoms with van der Waals surface area (Å²) in [5.74, 6) is 4.50. The zero-order valence-electron chi connectivity index (χ0n) is 23.4. The number of pyridine rings is 2. The zero-order chi connectivity index (χ0) is 27.2. The quantitative estimate of drug-likeness (QED) is 0.171. The Labute approximate surface area is 260 Å². The minimum atomic E-state index is 0. The van der Waals surface area contributed by atoms with Crippen LogP contribution in [0.1, 0.15) is 43.6 Å². The van der Waals surface area contributed by atoms with Crippen LogP contribution in [0.25, 0.3) is 44.5 Å². The molecule has 0 amide bonds. The predicted octanol–water partition coefficient (Wildman–Crippen LogP) is 9.53. The largest absolute Gasteiger partial charge is 0.501 e. The first kappa shape index (κ1) is 27.3. The molecule has 4 aliphatic rings. The average Bonchev–Trinajstić information content (AvgIpc) is 3.41. The van der Waals surface area contributed by atoms with E-state index in [4.69, 9.17) is 9.40 Å². The van der Waals surface area contributed by atoms with E-state index in [1.165, 1.54) is 37.7 Å². The van der Waals surface area contributed by atoms with Crippen LogP contribution in [0, 0.1) is 35.8 Å². The number of hydrogen-bond donors (Lipinski definition) is 0. The van der Waals surface area contributed by atoms with Crippen molar-refractivity contribution in [1.82, 2.24) is 9.97 Å². The minimum absolute atomic E-state index is 0. The second kappa shape index (κ2) is 11.6. The second-order valence-electron chi connectivity index (χ2n) is 12.1. The number of aromatic nitrogens is 2. The van der Waals surface area contributed by atoms with Gasteiger partial charge in [-0.15, -0.1) is 54.1 Å². The van der Waals surface area contributed by atoms with Gasteiger partial charge in [0.05, 0.1) is 5.58 Å². The number of benzene rings is 3. The molecule has 4 saturated carbocycles. The molecule has 211 valence electrons. The molecule has 4 fully saturated rings. The van der Waals surface area contributed by atoms with Crippen LogP contribution in [-0.2, 0) is 20.1 Å². The predicted molar refractivity (Wildman–Crippen MR) is 164 cm³/mol. The molecule has 0 saturated heterocycles. The monoisotopic (exact) mass is 725 g/mol. The molecule has 0 N–H and O–H groups in total. The van der Waals surface area contributed by atoms with Crippen LogP contribution >= 0.6 is 0 Å². The maximum absolute atomic E-state index is 6.25. The Hall–Kier alpha value is -3.59. The van der Waals surface area contributed by atoms with Crippen molar-refractivity contribution in [3.05, 3.63) is 121 Å². The van der Waals surface area contributed by atoms with E-state index in [1.807, 2.05) is 66.9 Å². The minimum Gasteiger partial charge on any atom is -0.501 e. The molecule has 10 rings (SSSR count). The summed E-state index contributed by atoms with van der Waals surface area (Å²) >= 11 is 0. The third-order valence-corrected chi connectivity index (χ3v) is 9.64. The van der Waals surface area contributed by atoms with E-state index >= 15 is 0 Å². The molecule has 4 aliphatic carbocycles. The summed E-state index contributed by atoms with van der Waals surface area (Å²) in [4.78, 5) is 8.97. The summed E-state index contributed by atoms with van der Waals surface area (Å²) in [5, 5.41) is 2.31. The van der Waals surface area contributed by atoms with E-state index < -0.39 is 0 Å². The maximum Gasteiger partial charge on any atom is 0.120 e. The Morgan fingerprint density at radius 2 is 1.40 bits per heavy atom. The molecular weight excluding hydrogens is 693 g/mol. The number of rotatable bonds is 3. The summed E-state index contributed by atoms with van der Waals surface area (Å²) < 4.78 is 6.25. The first-order valence-electron chi connectivity index (χ1n) is 15.0. The summed E-state index contributed by atoms with van der Waals surface area (Å²) in [6.45, 7) is 0. The van der Waals surface area contributed by atoms with Crippen LogP contribution in [0.5, 0.6) is 0 Å². The van der Waals surface area contributed by atoms with Crippen molar-refractivity contribution >= 4 is 21.9 Å². The number of hydrogen-bond acceptors (Lipinski definition) is 3. The van der Waals surface area contributed by atoms with Gasteiger partial charge in [0.15, 0.2) is 0 Å². The van der Waals surface area contributed by atoms with Crippen molar-refractivity contribution < 1.29 is 24.5 Å². The molecule has 3 aromatic heterocycles. The molecule has 3 aromatic carbocycles. The second-order valence-corrected chi connectivity index (χ2v) is 12.1. The molecule has 0 unspecified atom stereocenters. The first-order valence-corrected chi connectivity index (χ1v) is 15.0. The van der Waals surface area contributed by atoms with Gasteiger partial charge in [0.1, 0.15) is 5.58 Å². The molecule has 4 heteroatoms. The maximum atomic E-state index is 6.25.